The molecule has 0 unspecified atom stereocenters. The van der Waals surface area contributed by atoms with Gasteiger partial charge in [-0.3, -0.25) is 4.79 Å². The number of nitrogens with zero attached hydrogens (tertiary/aromatic N) is 1. The van der Waals surface area contributed by atoms with Crippen LogP contribution in [0.5, 0.6) is 0 Å². The lowest BCUT2D eigenvalue weighted by molar-refractivity contribution is 0.586. The topological polar surface area (TPSA) is 68.2 Å². The van der Waals surface area contributed by atoms with E-state index in [4.69, 9.17) is 11.6 Å². The maximum absolute atomic E-state index is 12.1. The average Bonchev–Trinajstić information content (AvgIpc) is 2.33. The number of aryl methyl sites for hydroxylation is 1. The van der Waals surface area contributed by atoms with Crippen LogP contribution in [0.2, 0.25) is 5.02 Å². The second-order valence-electron chi connectivity index (χ2n) is 3.80. The van der Waals surface area contributed by atoms with Gasteiger partial charge in [-0.05, 0) is 25.2 Å². The monoisotopic (exact) mass is 286 g/mol. The van der Waals surface area contributed by atoms with Gasteiger partial charge in [0.15, 0.2) is 0 Å². The Morgan fingerprint density at radius 3 is 2.61 bits per heavy atom. The highest BCUT2D eigenvalue weighted by molar-refractivity contribution is 7.89. The van der Waals surface area contributed by atoms with Crippen LogP contribution in [0.15, 0.2) is 34.1 Å². The molecule has 0 radical (unpaired) electrons. The minimum absolute atomic E-state index is 0.276. The fraction of sp³-hybridized carbons (Fsp3) is 0.182. The average molecular weight is 287 g/mol. The van der Waals surface area contributed by atoms with Gasteiger partial charge in [0.25, 0.3) is 0 Å². The maximum Gasteiger partial charge on any atom is 0.245 e. The van der Waals surface area contributed by atoms with E-state index >= 15 is 0 Å². The van der Waals surface area contributed by atoms with Gasteiger partial charge in [0.05, 0.1) is 5.52 Å². The van der Waals surface area contributed by atoms with E-state index in [1.54, 1.807) is 23.7 Å². The van der Waals surface area contributed by atoms with Gasteiger partial charge in [0.1, 0.15) is 4.90 Å². The number of benzene rings is 1. The lowest BCUT2D eigenvalue weighted by atomic mass is 10.2. The number of nitrogens with one attached hydrogen (secondary N) is 1. The Bertz CT molecular complexity index is 781. The van der Waals surface area contributed by atoms with Gasteiger partial charge in [-0.2, -0.15) is 0 Å². The van der Waals surface area contributed by atoms with Gasteiger partial charge in [0, 0.05) is 23.7 Å². The molecule has 0 amide bonds. The van der Waals surface area contributed by atoms with Crippen LogP contribution in [-0.2, 0) is 17.1 Å². The lowest BCUT2D eigenvalue weighted by Gasteiger charge is -2.09. The number of fused-ring (bicyclic) bond motifs is 1. The van der Waals surface area contributed by atoms with E-state index < -0.39 is 15.5 Å². The highest BCUT2D eigenvalue weighted by Crippen LogP contribution is 2.18. The fourth-order valence-corrected chi connectivity index (χ4v) is 2.76. The molecule has 1 heterocycles. The molecule has 5 nitrogen and oxygen atoms in total. The summed E-state index contributed by atoms with van der Waals surface area (Å²) in [4.78, 5) is 11.8. The third-order valence-corrected chi connectivity index (χ3v) is 4.32. The molecule has 2 aromatic rings. The summed E-state index contributed by atoms with van der Waals surface area (Å²) in [6.07, 6.45) is 1.28. The van der Waals surface area contributed by atoms with Crippen molar-refractivity contribution in [2.75, 3.05) is 7.05 Å². The van der Waals surface area contributed by atoms with Gasteiger partial charge in [-0.25, -0.2) is 13.1 Å². The molecule has 0 aliphatic heterocycles. The molecule has 1 N–H and O–H groups in total. The van der Waals surface area contributed by atoms with Crippen molar-refractivity contribution in [3.05, 3.63) is 39.6 Å². The summed E-state index contributed by atoms with van der Waals surface area (Å²) in [7, 11) is -0.845. The smallest absolute Gasteiger partial charge is 0.245 e. The molecule has 18 heavy (non-hydrogen) atoms. The van der Waals surface area contributed by atoms with Crippen LogP contribution in [0.4, 0.5) is 0 Å². The predicted molar refractivity (Wildman–Crippen MR) is 70.4 cm³/mol. The van der Waals surface area contributed by atoms with Crippen LogP contribution < -0.4 is 10.2 Å². The van der Waals surface area contributed by atoms with E-state index in [9.17, 15) is 13.2 Å². The largest absolute Gasteiger partial charge is 0.349 e. The summed E-state index contributed by atoms with van der Waals surface area (Å²) in [6, 6.07) is 4.70. The van der Waals surface area contributed by atoms with Crippen molar-refractivity contribution in [3.8, 4) is 0 Å². The summed E-state index contributed by atoms with van der Waals surface area (Å²) < 4.78 is 27.2. The first-order valence-corrected chi connectivity index (χ1v) is 6.95. The minimum Gasteiger partial charge on any atom is -0.349 e. The molecule has 0 bridgehead atoms. The maximum atomic E-state index is 12.1. The SMILES string of the molecule is CNS(=O)(=O)c1cn(C)c2cc(Cl)ccc2c1=O. The zero-order valence-corrected chi connectivity index (χ0v) is 11.3. The number of pyridine rings is 1. The molecule has 96 valence electrons. The van der Waals surface area contributed by atoms with E-state index in [-0.39, 0.29) is 4.90 Å². The summed E-state index contributed by atoms with van der Waals surface area (Å²) in [5, 5.41) is 0.806. The van der Waals surface area contributed by atoms with E-state index in [1.165, 1.54) is 19.3 Å². The van der Waals surface area contributed by atoms with Crippen molar-refractivity contribution < 1.29 is 8.42 Å². The second-order valence-corrected chi connectivity index (χ2v) is 6.09. The van der Waals surface area contributed by atoms with Gasteiger partial charge in [0.2, 0.25) is 15.5 Å². The predicted octanol–water partition coefficient (Wildman–Crippen LogP) is 1.10. The first kappa shape index (κ1) is 13.1. The third-order valence-electron chi connectivity index (χ3n) is 2.68. The van der Waals surface area contributed by atoms with Crippen LogP contribution in [0.3, 0.4) is 0 Å². The summed E-state index contributed by atoms with van der Waals surface area (Å²) in [6.45, 7) is 0. The van der Waals surface area contributed by atoms with Crippen molar-refractivity contribution in [3.63, 3.8) is 0 Å². The molecule has 0 aliphatic rings. The van der Waals surface area contributed by atoms with Crippen molar-refractivity contribution in [2.24, 2.45) is 7.05 Å². The quantitative estimate of drug-likeness (QED) is 0.899. The van der Waals surface area contributed by atoms with Crippen LogP contribution >= 0.6 is 11.6 Å². The Morgan fingerprint density at radius 1 is 1.33 bits per heavy atom. The van der Waals surface area contributed by atoms with Gasteiger partial charge >= 0.3 is 0 Å². The summed E-state index contributed by atoms with van der Waals surface area (Å²) in [5.74, 6) is 0. The van der Waals surface area contributed by atoms with Crippen molar-refractivity contribution in [1.29, 1.82) is 0 Å². The van der Waals surface area contributed by atoms with Crippen LogP contribution in [0.1, 0.15) is 0 Å². The second kappa shape index (κ2) is 4.38. The minimum atomic E-state index is -3.77. The summed E-state index contributed by atoms with van der Waals surface area (Å²) in [5.41, 5.74) is 0.0525. The summed E-state index contributed by atoms with van der Waals surface area (Å²) >= 11 is 5.85. The van der Waals surface area contributed by atoms with Crippen LogP contribution in [0.25, 0.3) is 10.9 Å². The standard InChI is InChI=1S/C11H11ClN2O3S/c1-13-18(16,17)10-6-14(2)9-5-7(12)3-4-8(9)11(10)15/h3-6,13H,1-2H3. The van der Waals surface area contributed by atoms with Crippen LogP contribution in [-0.4, -0.2) is 20.0 Å². The number of rotatable bonds is 2. The molecular weight excluding hydrogens is 276 g/mol. The molecule has 7 heteroatoms. The van der Waals surface area contributed by atoms with Gasteiger partial charge in [-0.1, -0.05) is 11.6 Å². The first-order valence-electron chi connectivity index (χ1n) is 5.09. The molecule has 0 fully saturated rings. The van der Waals surface area contributed by atoms with Crippen molar-refractivity contribution >= 4 is 32.5 Å². The number of hydrogen-bond donors (Lipinski definition) is 1. The van der Waals surface area contributed by atoms with Gasteiger partial charge in [-0.15, -0.1) is 0 Å². The highest BCUT2D eigenvalue weighted by Gasteiger charge is 2.18. The van der Waals surface area contributed by atoms with Crippen molar-refractivity contribution in [1.82, 2.24) is 9.29 Å². The number of sulfonamides is 1. The zero-order valence-electron chi connectivity index (χ0n) is 9.77. The van der Waals surface area contributed by atoms with Gasteiger partial charge < -0.3 is 4.57 Å². The molecule has 0 saturated heterocycles. The molecule has 0 atom stereocenters. The number of halogens is 1. The molecule has 1 aromatic heterocycles. The Kier molecular flexibility index (Phi) is 3.18. The molecule has 0 spiro atoms. The third kappa shape index (κ3) is 2.03. The number of hydrogen-bond acceptors (Lipinski definition) is 3. The lowest BCUT2D eigenvalue weighted by Crippen LogP contribution is -2.26. The zero-order chi connectivity index (χ0) is 13.5. The van der Waals surface area contributed by atoms with E-state index in [0.717, 1.165) is 0 Å². The van der Waals surface area contributed by atoms with E-state index in [1.807, 2.05) is 0 Å². The molecule has 0 saturated carbocycles. The van der Waals surface area contributed by atoms with E-state index in [0.29, 0.717) is 15.9 Å². The van der Waals surface area contributed by atoms with E-state index in [2.05, 4.69) is 4.72 Å². The molecule has 1 aromatic carbocycles. The highest BCUT2D eigenvalue weighted by atomic mass is 35.5. The van der Waals surface area contributed by atoms with Crippen LogP contribution in [0, 0.1) is 0 Å². The number of aromatic nitrogens is 1. The Hall–Kier alpha value is -1.37. The normalized spacial score (nSPS) is 11.9. The first-order chi connectivity index (χ1) is 8.36. The fourth-order valence-electron chi connectivity index (χ4n) is 1.73. The molecule has 0 aliphatic carbocycles. The Labute approximate surface area is 109 Å². The molecule has 2 rings (SSSR count). The molecular formula is C11H11ClN2O3S. The Morgan fingerprint density at radius 2 is 2.00 bits per heavy atom. The Balaban J connectivity index is 2.95. The van der Waals surface area contributed by atoms with Crippen molar-refractivity contribution in [2.45, 2.75) is 4.90 Å².